The molecule has 2 heterocycles. The lowest BCUT2D eigenvalue weighted by Crippen LogP contribution is -2.58. The molecule has 102 valence electrons. The number of amides is 2. The molecule has 2 aliphatic rings. The van der Waals surface area contributed by atoms with Gasteiger partial charge in [0.05, 0.1) is 13.2 Å². The van der Waals surface area contributed by atoms with Crippen molar-refractivity contribution in [2.24, 2.45) is 5.92 Å². The second-order valence-corrected chi connectivity index (χ2v) is 4.97. The first-order valence-corrected chi connectivity index (χ1v) is 6.60. The lowest BCUT2D eigenvalue weighted by molar-refractivity contribution is -0.0602. The zero-order valence-corrected chi connectivity index (χ0v) is 10.9. The van der Waals surface area contributed by atoms with Crippen molar-refractivity contribution in [2.75, 3.05) is 13.7 Å². The number of methoxy groups -OCH3 is 1. The predicted octanol–water partition coefficient (Wildman–Crippen LogP) is 1.80. The van der Waals surface area contributed by atoms with Crippen LogP contribution in [0, 0.1) is 5.92 Å². The van der Waals surface area contributed by atoms with Gasteiger partial charge in [-0.15, -0.1) is 0 Å². The van der Waals surface area contributed by atoms with Gasteiger partial charge in [0.1, 0.15) is 12.0 Å². The minimum Gasteiger partial charge on any atom is -0.497 e. The van der Waals surface area contributed by atoms with Gasteiger partial charge in [-0.25, -0.2) is 4.79 Å². The van der Waals surface area contributed by atoms with E-state index in [9.17, 15) is 4.79 Å². The second kappa shape index (κ2) is 5.09. The van der Waals surface area contributed by atoms with Gasteiger partial charge in [0.25, 0.3) is 0 Å². The molecule has 2 fully saturated rings. The van der Waals surface area contributed by atoms with E-state index in [1.807, 2.05) is 24.3 Å². The maximum absolute atomic E-state index is 11.7. The molecule has 0 radical (unpaired) electrons. The summed E-state index contributed by atoms with van der Waals surface area (Å²) in [5.41, 5.74) is 1.09. The van der Waals surface area contributed by atoms with Gasteiger partial charge in [-0.3, -0.25) is 0 Å². The number of ether oxygens (including phenoxy) is 2. The number of hydrogen-bond acceptors (Lipinski definition) is 3. The molecule has 2 saturated heterocycles. The number of fused-ring (bicyclic) bond motifs is 1. The van der Waals surface area contributed by atoms with Crippen LogP contribution in [0.3, 0.4) is 0 Å². The Morgan fingerprint density at radius 1 is 1.26 bits per heavy atom. The molecule has 0 unspecified atom stereocenters. The van der Waals surface area contributed by atoms with Crippen molar-refractivity contribution in [3.63, 3.8) is 0 Å². The first kappa shape index (κ1) is 12.3. The fourth-order valence-electron chi connectivity index (χ4n) is 2.86. The summed E-state index contributed by atoms with van der Waals surface area (Å²) in [6.45, 7) is 0.719. The zero-order chi connectivity index (χ0) is 13.2. The van der Waals surface area contributed by atoms with Gasteiger partial charge in [0.2, 0.25) is 0 Å². The van der Waals surface area contributed by atoms with Gasteiger partial charge in [-0.1, -0.05) is 12.1 Å². The summed E-state index contributed by atoms with van der Waals surface area (Å²) in [7, 11) is 1.65. The number of benzene rings is 1. The van der Waals surface area contributed by atoms with Crippen LogP contribution < -0.4 is 15.4 Å². The van der Waals surface area contributed by atoms with Crippen molar-refractivity contribution < 1.29 is 14.3 Å². The lowest BCUT2D eigenvalue weighted by Gasteiger charge is -2.41. The van der Waals surface area contributed by atoms with E-state index in [0.717, 1.165) is 30.8 Å². The van der Waals surface area contributed by atoms with E-state index in [1.165, 1.54) is 0 Å². The number of rotatable bonds is 2. The smallest absolute Gasteiger partial charge is 0.317 e. The monoisotopic (exact) mass is 262 g/mol. The molecule has 3 atom stereocenters. The van der Waals surface area contributed by atoms with Gasteiger partial charge >= 0.3 is 6.03 Å². The standard InChI is InChI=1S/C14H18N2O3/c1-18-10-6-4-9(5-7-10)12-11-3-2-8-19-13(11)16-14(17)15-12/h4-7,11-13H,2-3,8H2,1H3,(H2,15,16,17)/t11-,12-,13-/m1/s1. The van der Waals surface area contributed by atoms with Crippen molar-refractivity contribution >= 4 is 6.03 Å². The van der Waals surface area contributed by atoms with Crippen LogP contribution in [0.4, 0.5) is 4.79 Å². The highest BCUT2D eigenvalue weighted by Gasteiger charge is 2.39. The zero-order valence-electron chi connectivity index (χ0n) is 10.9. The molecule has 0 saturated carbocycles. The topological polar surface area (TPSA) is 59.6 Å². The van der Waals surface area contributed by atoms with Crippen molar-refractivity contribution in [1.82, 2.24) is 10.6 Å². The number of carbonyl (C=O) groups is 1. The first-order valence-electron chi connectivity index (χ1n) is 6.60. The fourth-order valence-corrected chi connectivity index (χ4v) is 2.86. The Morgan fingerprint density at radius 2 is 2.05 bits per heavy atom. The average molecular weight is 262 g/mol. The third-order valence-corrected chi connectivity index (χ3v) is 3.83. The predicted molar refractivity (Wildman–Crippen MR) is 69.9 cm³/mol. The summed E-state index contributed by atoms with van der Waals surface area (Å²) in [5, 5.41) is 5.84. The second-order valence-electron chi connectivity index (χ2n) is 4.97. The van der Waals surface area contributed by atoms with E-state index in [2.05, 4.69) is 10.6 Å². The molecule has 19 heavy (non-hydrogen) atoms. The first-order chi connectivity index (χ1) is 9.28. The summed E-state index contributed by atoms with van der Waals surface area (Å²) in [6.07, 6.45) is 1.91. The van der Waals surface area contributed by atoms with E-state index in [-0.39, 0.29) is 24.2 Å². The normalized spacial score (nSPS) is 29.9. The summed E-state index contributed by atoms with van der Waals surface area (Å²) < 4.78 is 10.8. The Kier molecular flexibility index (Phi) is 3.29. The summed E-state index contributed by atoms with van der Waals surface area (Å²) >= 11 is 0. The molecule has 2 amide bonds. The van der Waals surface area contributed by atoms with Crippen LogP contribution in [0.25, 0.3) is 0 Å². The minimum atomic E-state index is -0.172. The molecular weight excluding hydrogens is 244 g/mol. The number of urea groups is 1. The largest absolute Gasteiger partial charge is 0.497 e. The van der Waals surface area contributed by atoms with Crippen molar-refractivity contribution in [3.8, 4) is 5.75 Å². The summed E-state index contributed by atoms with van der Waals surface area (Å²) in [6, 6.07) is 7.68. The molecule has 1 aromatic carbocycles. The van der Waals surface area contributed by atoms with Crippen molar-refractivity contribution in [2.45, 2.75) is 25.1 Å². The van der Waals surface area contributed by atoms with Crippen LogP contribution in [-0.4, -0.2) is 26.0 Å². The molecule has 1 aromatic rings. The molecule has 0 bridgehead atoms. The molecule has 0 spiro atoms. The average Bonchev–Trinajstić information content (AvgIpc) is 2.46. The van der Waals surface area contributed by atoms with Crippen molar-refractivity contribution in [3.05, 3.63) is 29.8 Å². The van der Waals surface area contributed by atoms with Crippen molar-refractivity contribution in [1.29, 1.82) is 0 Å². The van der Waals surface area contributed by atoms with Crippen LogP contribution in [0.2, 0.25) is 0 Å². The van der Waals surface area contributed by atoms with E-state index < -0.39 is 0 Å². The Balaban J connectivity index is 1.85. The molecule has 5 heteroatoms. The van der Waals surface area contributed by atoms with E-state index in [1.54, 1.807) is 7.11 Å². The number of hydrogen-bond donors (Lipinski definition) is 2. The third-order valence-electron chi connectivity index (χ3n) is 3.83. The number of carbonyl (C=O) groups excluding carboxylic acids is 1. The molecule has 3 rings (SSSR count). The molecule has 2 aliphatic heterocycles. The Hall–Kier alpha value is -1.75. The maximum atomic E-state index is 11.7. The summed E-state index contributed by atoms with van der Waals surface area (Å²) in [5.74, 6) is 1.10. The molecule has 0 aliphatic carbocycles. The quantitative estimate of drug-likeness (QED) is 0.854. The van der Waals surface area contributed by atoms with Crippen LogP contribution in [0.1, 0.15) is 24.4 Å². The van der Waals surface area contributed by atoms with Gasteiger partial charge in [-0.05, 0) is 30.5 Å². The lowest BCUT2D eigenvalue weighted by atomic mass is 9.85. The van der Waals surface area contributed by atoms with Gasteiger partial charge in [-0.2, -0.15) is 0 Å². The third kappa shape index (κ3) is 2.38. The molecule has 0 aromatic heterocycles. The van der Waals surface area contributed by atoms with Crippen LogP contribution in [0.5, 0.6) is 5.75 Å². The van der Waals surface area contributed by atoms with Crippen LogP contribution in [0.15, 0.2) is 24.3 Å². The highest BCUT2D eigenvalue weighted by atomic mass is 16.5. The van der Waals surface area contributed by atoms with Gasteiger partial charge < -0.3 is 20.1 Å². The molecular formula is C14H18N2O3. The molecule has 2 N–H and O–H groups in total. The Bertz CT molecular complexity index is 460. The minimum absolute atomic E-state index is 0.00459. The van der Waals surface area contributed by atoms with E-state index in [0.29, 0.717) is 0 Å². The van der Waals surface area contributed by atoms with Gasteiger partial charge in [0.15, 0.2) is 0 Å². The van der Waals surface area contributed by atoms with E-state index >= 15 is 0 Å². The van der Waals surface area contributed by atoms with Crippen LogP contribution in [-0.2, 0) is 4.74 Å². The highest BCUT2D eigenvalue weighted by molar-refractivity contribution is 5.75. The highest BCUT2D eigenvalue weighted by Crippen LogP contribution is 2.34. The maximum Gasteiger partial charge on any atom is 0.317 e. The van der Waals surface area contributed by atoms with E-state index in [4.69, 9.17) is 9.47 Å². The number of nitrogens with one attached hydrogen (secondary N) is 2. The van der Waals surface area contributed by atoms with Gasteiger partial charge in [0, 0.05) is 12.5 Å². The van der Waals surface area contributed by atoms with Crippen LogP contribution >= 0.6 is 0 Å². The Labute approximate surface area is 112 Å². The molecule has 5 nitrogen and oxygen atoms in total. The summed E-state index contributed by atoms with van der Waals surface area (Å²) in [4.78, 5) is 11.7. The SMILES string of the molecule is COc1ccc([C@H]2NC(=O)N[C@@H]3OCCC[C@@H]32)cc1. The fraction of sp³-hybridized carbons (Fsp3) is 0.500. The Morgan fingerprint density at radius 3 is 2.79 bits per heavy atom.